The molecule has 1 amide bonds. The Morgan fingerprint density at radius 1 is 1.19 bits per heavy atom. The van der Waals surface area contributed by atoms with Crippen LogP contribution in [0.2, 0.25) is 0 Å². The van der Waals surface area contributed by atoms with Gasteiger partial charge in [0.2, 0.25) is 0 Å². The number of benzene rings is 1. The third kappa shape index (κ3) is 3.47. The van der Waals surface area contributed by atoms with Crippen LogP contribution in [0.25, 0.3) is 10.6 Å². The van der Waals surface area contributed by atoms with Crippen LogP contribution in [-0.4, -0.2) is 16.9 Å². The summed E-state index contributed by atoms with van der Waals surface area (Å²) in [7, 11) is 0. The lowest BCUT2D eigenvalue weighted by Crippen LogP contribution is -2.36. The number of halogens is 1. The molecule has 0 saturated heterocycles. The first kappa shape index (κ1) is 14.2. The van der Waals surface area contributed by atoms with Gasteiger partial charge in [0, 0.05) is 17.0 Å². The van der Waals surface area contributed by atoms with Gasteiger partial charge in [-0.3, -0.25) is 4.79 Å². The van der Waals surface area contributed by atoms with Gasteiger partial charge in [-0.15, -0.1) is 11.3 Å². The van der Waals surface area contributed by atoms with Crippen molar-refractivity contribution in [2.75, 3.05) is 0 Å². The molecule has 1 saturated carbocycles. The minimum atomic E-state index is -0.273. The molecule has 1 fully saturated rings. The zero-order valence-electron chi connectivity index (χ0n) is 11.6. The summed E-state index contributed by atoms with van der Waals surface area (Å²) in [6.45, 7) is 0. The van der Waals surface area contributed by atoms with Crippen LogP contribution in [0, 0.1) is 5.82 Å². The van der Waals surface area contributed by atoms with E-state index in [0.29, 0.717) is 5.69 Å². The SMILES string of the molecule is O=C(NC1CCCCC1)c1csc(-c2ccc(F)cc2)n1. The molecule has 3 rings (SSSR count). The fourth-order valence-corrected chi connectivity index (χ4v) is 3.42. The lowest BCUT2D eigenvalue weighted by molar-refractivity contribution is 0.0923. The van der Waals surface area contributed by atoms with Gasteiger partial charge in [-0.1, -0.05) is 19.3 Å². The van der Waals surface area contributed by atoms with Gasteiger partial charge in [0.1, 0.15) is 16.5 Å². The first-order valence-electron chi connectivity index (χ1n) is 7.25. The molecule has 1 aliphatic carbocycles. The molecule has 1 aromatic carbocycles. The molecule has 5 heteroatoms. The second-order valence-electron chi connectivity index (χ2n) is 5.35. The van der Waals surface area contributed by atoms with Gasteiger partial charge in [-0.25, -0.2) is 9.37 Å². The Balaban J connectivity index is 1.69. The highest BCUT2D eigenvalue weighted by atomic mass is 32.1. The maximum atomic E-state index is 12.9. The number of carbonyl (C=O) groups excluding carboxylic acids is 1. The van der Waals surface area contributed by atoms with Crippen LogP contribution < -0.4 is 5.32 Å². The molecule has 0 aliphatic heterocycles. The van der Waals surface area contributed by atoms with Crippen LogP contribution in [0.4, 0.5) is 4.39 Å². The lowest BCUT2D eigenvalue weighted by atomic mass is 9.95. The Kier molecular flexibility index (Phi) is 4.29. The minimum absolute atomic E-state index is 0.105. The number of hydrogen-bond acceptors (Lipinski definition) is 3. The highest BCUT2D eigenvalue weighted by Gasteiger charge is 2.18. The van der Waals surface area contributed by atoms with E-state index in [1.165, 1.54) is 42.7 Å². The van der Waals surface area contributed by atoms with Crippen molar-refractivity contribution in [2.45, 2.75) is 38.1 Å². The third-order valence-electron chi connectivity index (χ3n) is 3.77. The maximum Gasteiger partial charge on any atom is 0.270 e. The van der Waals surface area contributed by atoms with Gasteiger partial charge in [0.25, 0.3) is 5.91 Å². The molecular formula is C16H17FN2OS. The van der Waals surface area contributed by atoms with Crippen molar-refractivity contribution in [3.05, 3.63) is 41.2 Å². The average molecular weight is 304 g/mol. The summed E-state index contributed by atoms with van der Waals surface area (Å²) in [6.07, 6.45) is 5.74. The summed E-state index contributed by atoms with van der Waals surface area (Å²) in [4.78, 5) is 16.5. The first-order chi connectivity index (χ1) is 10.2. The van der Waals surface area contributed by atoms with Crippen LogP contribution in [-0.2, 0) is 0 Å². The van der Waals surface area contributed by atoms with E-state index in [0.717, 1.165) is 23.4 Å². The van der Waals surface area contributed by atoms with Crippen molar-refractivity contribution in [2.24, 2.45) is 0 Å². The number of carbonyl (C=O) groups is 1. The van der Waals surface area contributed by atoms with E-state index in [9.17, 15) is 9.18 Å². The number of aromatic nitrogens is 1. The molecule has 1 heterocycles. The summed E-state index contributed by atoms with van der Waals surface area (Å²) in [5.74, 6) is -0.378. The van der Waals surface area contributed by atoms with E-state index in [4.69, 9.17) is 0 Å². The van der Waals surface area contributed by atoms with Gasteiger partial charge < -0.3 is 5.32 Å². The predicted octanol–water partition coefficient (Wildman–Crippen LogP) is 4.01. The molecule has 0 unspecified atom stereocenters. The Labute approximate surface area is 127 Å². The Morgan fingerprint density at radius 3 is 2.62 bits per heavy atom. The maximum absolute atomic E-state index is 12.9. The first-order valence-corrected chi connectivity index (χ1v) is 8.13. The fraction of sp³-hybridized carbons (Fsp3) is 0.375. The number of thiazole rings is 1. The highest BCUT2D eigenvalue weighted by Crippen LogP contribution is 2.24. The molecule has 21 heavy (non-hydrogen) atoms. The number of hydrogen-bond donors (Lipinski definition) is 1. The Hall–Kier alpha value is -1.75. The summed E-state index contributed by atoms with van der Waals surface area (Å²) in [5, 5.41) is 5.55. The summed E-state index contributed by atoms with van der Waals surface area (Å²) < 4.78 is 12.9. The largest absolute Gasteiger partial charge is 0.348 e. The minimum Gasteiger partial charge on any atom is -0.348 e. The van der Waals surface area contributed by atoms with Crippen LogP contribution in [0.1, 0.15) is 42.6 Å². The normalized spacial score (nSPS) is 15.9. The highest BCUT2D eigenvalue weighted by molar-refractivity contribution is 7.13. The lowest BCUT2D eigenvalue weighted by Gasteiger charge is -2.22. The van der Waals surface area contributed by atoms with Crippen molar-refractivity contribution in [3.8, 4) is 10.6 Å². The second-order valence-corrected chi connectivity index (χ2v) is 6.21. The van der Waals surface area contributed by atoms with E-state index in [2.05, 4.69) is 10.3 Å². The van der Waals surface area contributed by atoms with E-state index in [1.54, 1.807) is 17.5 Å². The van der Waals surface area contributed by atoms with Crippen molar-refractivity contribution in [3.63, 3.8) is 0 Å². The monoisotopic (exact) mass is 304 g/mol. The Bertz CT molecular complexity index is 617. The van der Waals surface area contributed by atoms with E-state index in [1.807, 2.05) is 0 Å². The van der Waals surface area contributed by atoms with Crippen molar-refractivity contribution in [1.29, 1.82) is 0 Å². The molecule has 0 atom stereocenters. The van der Waals surface area contributed by atoms with Gasteiger partial charge in [0.15, 0.2) is 0 Å². The van der Waals surface area contributed by atoms with Crippen LogP contribution in [0.5, 0.6) is 0 Å². The Morgan fingerprint density at radius 2 is 1.90 bits per heavy atom. The molecule has 1 aromatic heterocycles. The standard InChI is InChI=1S/C16H17FN2OS/c17-12-8-6-11(7-9-12)16-19-14(10-21-16)15(20)18-13-4-2-1-3-5-13/h6-10,13H,1-5H2,(H,18,20). The van der Waals surface area contributed by atoms with Crippen molar-refractivity contribution < 1.29 is 9.18 Å². The molecule has 3 nitrogen and oxygen atoms in total. The summed E-state index contributed by atoms with van der Waals surface area (Å²) in [5.41, 5.74) is 1.28. The van der Waals surface area contributed by atoms with E-state index in [-0.39, 0.29) is 17.8 Å². The summed E-state index contributed by atoms with van der Waals surface area (Å²) >= 11 is 1.40. The third-order valence-corrected chi connectivity index (χ3v) is 4.66. The number of nitrogens with zero attached hydrogens (tertiary/aromatic N) is 1. The quantitative estimate of drug-likeness (QED) is 0.931. The number of rotatable bonds is 3. The van der Waals surface area contributed by atoms with Crippen LogP contribution >= 0.6 is 11.3 Å². The fourth-order valence-electron chi connectivity index (χ4n) is 2.61. The van der Waals surface area contributed by atoms with E-state index >= 15 is 0 Å². The molecule has 2 aromatic rings. The molecular weight excluding hydrogens is 287 g/mol. The van der Waals surface area contributed by atoms with Crippen molar-refractivity contribution in [1.82, 2.24) is 10.3 Å². The van der Waals surface area contributed by atoms with Gasteiger partial charge in [0.05, 0.1) is 0 Å². The number of amides is 1. The van der Waals surface area contributed by atoms with Crippen molar-refractivity contribution >= 4 is 17.2 Å². The summed E-state index contributed by atoms with van der Waals surface area (Å²) in [6, 6.07) is 6.44. The molecule has 110 valence electrons. The smallest absolute Gasteiger partial charge is 0.270 e. The molecule has 1 N–H and O–H groups in total. The molecule has 1 aliphatic rings. The van der Waals surface area contributed by atoms with Crippen LogP contribution in [0.15, 0.2) is 29.6 Å². The average Bonchev–Trinajstić information content (AvgIpc) is 2.99. The predicted molar refractivity (Wildman–Crippen MR) is 81.8 cm³/mol. The van der Waals surface area contributed by atoms with Gasteiger partial charge >= 0.3 is 0 Å². The molecule has 0 bridgehead atoms. The van der Waals surface area contributed by atoms with E-state index < -0.39 is 0 Å². The zero-order chi connectivity index (χ0) is 14.7. The number of nitrogens with one attached hydrogen (secondary N) is 1. The molecule has 0 radical (unpaired) electrons. The topological polar surface area (TPSA) is 42.0 Å². The molecule has 0 spiro atoms. The van der Waals surface area contributed by atoms with Gasteiger partial charge in [-0.05, 0) is 37.1 Å². The van der Waals surface area contributed by atoms with Crippen LogP contribution in [0.3, 0.4) is 0 Å². The second kappa shape index (κ2) is 6.35. The zero-order valence-corrected chi connectivity index (χ0v) is 12.5. The van der Waals surface area contributed by atoms with Gasteiger partial charge in [-0.2, -0.15) is 0 Å².